The molecule has 2 amide bonds. The zero-order valence-corrected chi connectivity index (χ0v) is 13.0. The lowest BCUT2D eigenvalue weighted by Gasteiger charge is -2.06. The number of carbonyl (C=O) groups is 1. The van der Waals surface area contributed by atoms with Gasteiger partial charge in [-0.3, -0.25) is 4.57 Å². The maximum Gasteiger partial charge on any atom is 0.345 e. The first-order valence-electron chi connectivity index (χ1n) is 6.42. The van der Waals surface area contributed by atoms with E-state index in [1.165, 1.54) is 16.2 Å². The van der Waals surface area contributed by atoms with Crippen molar-refractivity contribution in [1.29, 1.82) is 5.26 Å². The molecule has 6 heteroatoms. The third-order valence-corrected chi connectivity index (χ3v) is 3.74. The number of benzene rings is 1. The monoisotopic (exact) mass is 300 g/mol. The van der Waals surface area contributed by atoms with Gasteiger partial charge < -0.3 is 4.90 Å². The second-order valence-electron chi connectivity index (χ2n) is 4.78. The van der Waals surface area contributed by atoms with E-state index in [9.17, 15) is 4.79 Å². The van der Waals surface area contributed by atoms with Crippen LogP contribution in [0.15, 0.2) is 35.5 Å². The third kappa shape index (κ3) is 3.58. The van der Waals surface area contributed by atoms with E-state index in [0.29, 0.717) is 11.2 Å². The van der Waals surface area contributed by atoms with E-state index in [4.69, 9.17) is 5.26 Å². The molecule has 0 saturated carbocycles. The highest BCUT2D eigenvalue weighted by molar-refractivity contribution is 7.09. The minimum Gasteiger partial charge on any atom is -0.329 e. The lowest BCUT2D eigenvalue weighted by Crippen LogP contribution is -2.22. The van der Waals surface area contributed by atoms with Crippen LogP contribution in [0.3, 0.4) is 0 Å². The fraction of sp³-hybridized carbons (Fsp3) is 0.267. The first kappa shape index (κ1) is 15.0. The molecule has 0 spiro atoms. The Balaban J connectivity index is 2.45. The van der Waals surface area contributed by atoms with Crippen LogP contribution in [-0.2, 0) is 6.42 Å². The Bertz CT molecular complexity index is 747. The Kier molecular flexibility index (Phi) is 4.55. The van der Waals surface area contributed by atoms with E-state index in [2.05, 4.69) is 11.1 Å². The van der Waals surface area contributed by atoms with E-state index < -0.39 is 0 Å². The van der Waals surface area contributed by atoms with Crippen molar-refractivity contribution in [3.63, 3.8) is 0 Å². The van der Waals surface area contributed by atoms with Gasteiger partial charge in [0.25, 0.3) is 0 Å². The highest BCUT2D eigenvalue weighted by Gasteiger charge is 2.06. The van der Waals surface area contributed by atoms with Crippen LogP contribution in [0.1, 0.15) is 10.4 Å². The molecular formula is C15H16N4OS. The molecule has 0 atom stereocenters. The number of rotatable bonds is 2. The minimum absolute atomic E-state index is 0.285. The average Bonchev–Trinajstić information content (AvgIpc) is 2.80. The van der Waals surface area contributed by atoms with Crippen molar-refractivity contribution < 1.29 is 4.79 Å². The minimum atomic E-state index is -0.285. The summed E-state index contributed by atoms with van der Waals surface area (Å²) in [7, 11) is 3.35. The number of aryl methyl sites for hydroxylation is 1. The standard InChI is InChI=1S/C15H16N4OS/c1-11-10-19(15(21-11)17-14(20)18(2)3)13-6-4-12(5-7-13)8-9-16/h4-7,10H,8H2,1-3H3. The summed E-state index contributed by atoms with van der Waals surface area (Å²) in [4.78, 5) is 19.0. The molecule has 0 saturated heterocycles. The van der Waals surface area contributed by atoms with Crippen molar-refractivity contribution in [2.24, 2.45) is 4.99 Å². The number of nitrogens with zero attached hydrogens (tertiary/aromatic N) is 4. The molecule has 0 aliphatic heterocycles. The van der Waals surface area contributed by atoms with Crippen LogP contribution < -0.4 is 4.80 Å². The zero-order valence-electron chi connectivity index (χ0n) is 12.2. The molecular weight excluding hydrogens is 284 g/mol. The normalized spacial score (nSPS) is 11.2. The fourth-order valence-corrected chi connectivity index (χ4v) is 2.59. The lowest BCUT2D eigenvalue weighted by atomic mass is 10.1. The molecule has 0 N–H and O–H groups in total. The quantitative estimate of drug-likeness (QED) is 0.855. The number of urea groups is 1. The van der Waals surface area contributed by atoms with Gasteiger partial charge in [0.2, 0.25) is 0 Å². The van der Waals surface area contributed by atoms with Gasteiger partial charge in [-0.15, -0.1) is 11.3 Å². The second-order valence-corrected chi connectivity index (χ2v) is 6.00. The van der Waals surface area contributed by atoms with E-state index in [1.807, 2.05) is 42.0 Å². The summed E-state index contributed by atoms with van der Waals surface area (Å²) in [5.41, 5.74) is 1.89. The molecule has 1 aromatic carbocycles. The maximum atomic E-state index is 11.8. The van der Waals surface area contributed by atoms with Crippen molar-refractivity contribution in [3.8, 4) is 11.8 Å². The van der Waals surface area contributed by atoms with Gasteiger partial charge in [-0.1, -0.05) is 12.1 Å². The van der Waals surface area contributed by atoms with Crippen molar-refractivity contribution in [2.45, 2.75) is 13.3 Å². The lowest BCUT2D eigenvalue weighted by molar-refractivity contribution is 0.226. The largest absolute Gasteiger partial charge is 0.345 e. The van der Waals surface area contributed by atoms with E-state index in [0.717, 1.165) is 16.1 Å². The number of carbonyl (C=O) groups excluding carboxylic acids is 1. The van der Waals surface area contributed by atoms with Crippen molar-refractivity contribution in [1.82, 2.24) is 9.47 Å². The highest BCUT2D eigenvalue weighted by Crippen LogP contribution is 2.12. The van der Waals surface area contributed by atoms with Crippen LogP contribution >= 0.6 is 11.3 Å². The first-order valence-corrected chi connectivity index (χ1v) is 7.24. The molecule has 0 unspecified atom stereocenters. The number of hydrogen-bond donors (Lipinski definition) is 0. The number of aromatic nitrogens is 1. The molecule has 0 aliphatic carbocycles. The Labute approximate surface area is 127 Å². The predicted octanol–water partition coefficient (Wildman–Crippen LogP) is 2.50. The number of hydrogen-bond acceptors (Lipinski definition) is 3. The van der Waals surface area contributed by atoms with Gasteiger partial charge in [-0.05, 0) is 24.6 Å². The van der Waals surface area contributed by atoms with Crippen molar-refractivity contribution >= 4 is 17.4 Å². The Morgan fingerprint density at radius 1 is 1.38 bits per heavy atom. The summed E-state index contributed by atoms with van der Waals surface area (Å²) in [6.45, 7) is 1.98. The molecule has 0 aliphatic rings. The molecule has 1 heterocycles. The van der Waals surface area contributed by atoms with Gasteiger partial charge in [0.05, 0.1) is 12.5 Å². The molecule has 0 bridgehead atoms. The van der Waals surface area contributed by atoms with Gasteiger partial charge in [0.15, 0.2) is 4.80 Å². The van der Waals surface area contributed by atoms with Crippen LogP contribution in [0.2, 0.25) is 0 Å². The van der Waals surface area contributed by atoms with Crippen molar-refractivity contribution in [2.75, 3.05) is 14.1 Å². The Morgan fingerprint density at radius 3 is 2.62 bits per heavy atom. The second kappa shape index (κ2) is 6.37. The molecule has 2 rings (SSSR count). The summed E-state index contributed by atoms with van der Waals surface area (Å²) in [6, 6.07) is 9.52. The Morgan fingerprint density at radius 2 is 2.05 bits per heavy atom. The summed E-state index contributed by atoms with van der Waals surface area (Å²) >= 11 is 1.47. The number of amides is 2. The smallest absolute Gasteiger partial charge is 0.329 e. The summed E-state index contributed by atoms with van der Waals surface area (Å²) in [6.07, 6.45) is 2.34. The summed E-state index contributed by atoms with van der Waals surface area (Å²) in [5.74, 6) is 0. The van der Waals surface area contributed by atoms with E-state index in [1.54, 1.807) is 14.1 Å². The van der Waals surface area contributed by atoms with E-state index in [-0.39, 0.29) is 6.03 Å². The van der Waals surface area contributed by atoms with Crippen LogP contribution in [0.25, 0.3) is 5.69 Å². The Hall–Kier alpha value is -2.39. The molecule has 0 radical (unpaired) electrons. The fourth-order valence-electron chi connectivity index (χ4n) is 1.77. The first-order chi connectivity index (χ1) is 10.0. The molecule has 5 nitrogen and oxygen atoms in total. The van der Waals surface area contributed by atoms with Gasteiger partial charge in [0.1, 0.15) is 0 Å². The van der Waals surface area contributed by atoms with Gasteiger partial charge in [-0.2, -0.15) is 10.3 Å². The van der Waals surface area contributed by atoms with Crippen LogP contribution in [0, 0.1) is 18.3 Å². The van der Waals surface area contributed by atoms with Gasteiger partial charge >= 0.3 is 6.03 Å². The van der Waals surface area contributed by atoms with Crippen LogP contribution in [-0.4, -0.2) is 29.6 Å². The maximum absolute atomic E-state index is 11.8. The topological polar surface area (TPSA) is 61.4 Å². The molecule has 0 fully saturated rings. The van der Waals surface area contributed by atoms with Crippen molar-refractivity contribution in [3.05, 3.63) is 45.7 Å². The zero-order chi connectivity index (χ0) is 15.4. The summed E-state index contributed by atoms with van der Waals surface area (Å²) in [5, 5.41) is 8.69. The molecule has 2 aromatic rings. The van der Waals surface area contributed by atoms with Crippen LogP contribution in [0.4, 0.5) is 4.79 Å². The number of thiazole rings is 1. The highest BCUT2D eigenvalue weighted by atomic mass is 32.1. The van der Waals surface area contributed by atoms with E-state index >= 15 is 0 Å². The van der Waals surface area contributed by atoms with Gasteiger partial charge in [0, 0.05) is 30.9 Å². The van der Waals surface area contributed by atoms with Crippen LogP contribution in [0.5, 0.6) is 0 Å². The summed E-state index contributed by atoms with van der Waals surface area (Å²) < 4.78 is 1.89. The third-order valence-electron chi connectivity index (χ3n) is 2.84. The van der Waals surface area contributed by atoms with Gasteiger partial charge in [-0.25, -0.2) is 4.79 Å². The SMILES string of the molecule is Cc1cn(-c2ccc(CC#N)cc2)c(=NC(=O)N(C)C)s1. The average molecular weight is 300 g/mol. The number of nitriles is 1. The predicted molar refractivity (Wildman–Crippen MR) is 82.3 cm³/mol. The molecule has 108 valence electrons. The molecule has 1 aromatic heterocycles. The molecule has 21 heavy (non-hydrogen) atoms.